The van der Waals surface area contributed by atoms with Crippen LogP contribution in [0.2, 0.25) is 0 Å². The van der Waals surface area contributed by atoms with Crippen molar-refractivity contribution in [3.8, 4) is 0 Å². The lowest BCUT2D eigenvalue weighted by atomic mass is 9.93. The number of nitrogens with zero attached hydrogens (tertiary/aromatic N) is 1. The quantitative estimate of drug-likeness (QED) is 0.331. The molecule has 1 saturated carbocycles. The highest BCUT2D eigenvalue weighted by Gasteiger charge is 2.37. The minimum atomic E-state index is 0.315. The molecule has 0 aliphatic heterocycles. The molecular formula is C23H43N. The maximum atomic E-state index is 4.71. The lowest BCUT2D eigenvalue weighted by Crippen LogP contribution is -2.06. The second kappa shape index (κ2) is 14.3. The van der Waals surface area contributed by atoms with Gasteiger partial charge in [-0.05, 0) is 64.0 Å². The molecule has 0 heterocycles. The van der Waals surface area contributed by atoms with Gasteiger partial charge in [-0.25, -0.2) is 0 Å². The highest BCUT2D eigenvalue weighted by Crippen LogP contribution is 2.50. The van der Waals surface area contributed by atoms with E-state index in [9.17, 15) is 0 Å². The molecule has 0 aromatic heterocycles. The highest BCUT2D eigenvalue weighted by molar-refractivity contribution is 6.10. The van der Waals surface area contributed by atoms with Crippen molar-refractivity contribution in [2.24, 2.45) is 10.4 Å². The second-order valence-electron chi connectivity index (χ2n) is 6.99. The predicted octanol–water partition coefficient (Wildman–Crippen LogP) is 7.94. The van der Waals surface area contributed by atoms with E-state index in [-0.39, 0.29) is 0 Å². The van der Waals surface area contributed by atoms with E-state index in [0.29, 0.717) is 11.5 Å². The number of hydrogen-bond donors (Lipinski definition) is 0. The van der Waals surface area contributed by atoms with Gasteiger partial charge in [0.15, 0.2) is 0 Å². The van der Waals surface area contributed by atoms with Gasteiger partial charge in [-0.3, -0.25) is 4.99 Å². The number of rotatable bonds is 7. The Labute approximate surface area is 153 Å². The van der Waals surface area contributed by atoms with E-state index in [1.54, 1.807) is 0 Å². The van der Waals surface area contributed by atoms with Gasteiger partial charge < -0.3 is 0 Å². The topological polar surface area (TPSA) is 12.4 Å². The Morgan fingerprint density at radius 3 is 1.96 bits per heavy atom. The fourth-order valence-corrected chi connectivity index (χ4v) is 2.26. The SMILES string of the molecule is C=C/C(C(/C=C\C)=NC(C)C)=C(\C)CC1(C)CC1.CC.CCCC. The molecule has 1 fully saturated rings. The summed E-state index contributed by atoms with van der Waals surface area (Å²) in [6, 6.07) is 0.315. The van der Waals surface area contributed by atoms with Gasteiger partial charge >= 0.3 is 0 Å². The van der Waals surface area contributed by atoms with Gasteiger partial charge in [0.1, 0.15) is 0 Å². The summed E-state index contributed by atoms with van der Waals surface area (Å²) in [5.41, 5.74) is 4.25. The fourth-order valence-electron chi connectivity index (χ4n) is 2.26. The number of unbranched alkanes of at least 4 members (excludes halogenated alkanes) is 1. The van der Waals surface area contributed by atoms with E-state index in [1.807, 2.05) is 26.8 Å². The van der Waals surface area contributed by atoms with E-state index in [4.69, 9.17) is 4.99 Å². The first-order chi connectivity index (χ1) is 11.3. The summed E-state index contributed by atoms with van der Waals surface area (Å²) < 4.78 is 0. The third kappa shape index (κ3) is 11.4. The average molecular weight is 334 g/mol. The van der Waals surface area contributed by atoms with Crippen molar-refractivity contribution >= 4 is 5.71 Å². The molecule has 0 unspecified atom stereocenters. The molecule has 0 bridgehead atoms. The normalized spacial score (nSPS) is 16.7. The average Bonchev–Trinajstić information content (AvgIpc) is 3.26. The van der Waals surface area contributed by atoms with E-state index in [2.05, 4.69) is 60.3 Å². The molecule has 1 nitrogen and oxygen atoms in total. The minimum Gasteiger partial charge on any atom is -0.282 e. The minimum absolute atomic E-state index is 0.315. The molecule has 1 rings (SSSR count). The molecule has 0 N–H and O–H groups in total. The first-order valence-electron chi connectivity index (χ1n) is 9.86. The molecule has 0 aromatic rings. The van der Waals surface area contributed by atoms with Crippen molar-refractivity contribution in [2.45, 2.75) is 100 Å². The van der Waals surface area contributed by atoms with Crippen molar-refractivity contribution < 1.29 is 0 Å². The van der Waals surface area contributed by atoms with E-state index in [0.717, 1.165) is 5.71 Å². The molecule has 0 aromatic carbocycles. The number of hydrogen-bond acceptors (Lipinski definition) is 1. The third-order valence-electron chi connectivity index (χ3n) is 3.96. The summed E-state index contributed by atoms with van der Waals surface area (Å²) in [7, 11) is 0. The van der Waals surface area contributed by atoms with Gasteiger partial charge in [0.2, 0.25) is 0 Å². The molecule has 1 heteroatoms. The third-order valence-corrected chi connectivity index (χ3v) is 3.96. The van der Waals surface area contributed by atoms with Gasteiger partial charge in [0.05, 0.1) is 5.71 Å². The Bertz CT molecular complexity index is 415. The molecular weight excluding hydrogens is 290 g/mol. The van der Waals surface area contributed by atoms with Crippen LogP contribution in [0.5, 0.6) is 0 Å². The number of allylic oxidation sites excluding steroid dienone is 5. The lowest BCUT2D eigenvalue weighted by Gasteiger charge is -2.14. The zero-order valence-electron chi connectivity index (χ0n) is 18.0. The summed E-state index contributed by atoms with van der Waals surface area (Å²) in [6.07, 6.45) is 12.6. The van der Waals surface area contributed by atoms with Crippen molar-refractivity contribution in [3.05, 3.63) is 36.0 Å². The molecule has 0 amide bonds. The molecule has 0 spiro atoms. The molecule has 0 saturated heterocycles. The molecule has 24 heavy (non-hydrogen) atoms. The molecule has 1 aliphatic carbocycles. The first-order valence-corrected chi connectivity index (χ1v) is 9.86. The molecule has 140 valence electrons. The fraction of sp³-hybridized carbons (Fsp3) is 0.696. The van der Waals surface area contributed by atoms with Crippen LogP contribution < -0.4 is 0 Å². The monoisotopic (exact) mass is 333 g/mol. The van der Waals surface area contributed by atoms with Crippen molar-refractivity contribution in [3.63, 3.8) is 0 Å². The van der Waals surface area contributed by atoms with Gasteiger partial charge in [0, 0.05) is 6.04 Å². The van der Waals surface area contributed by atoms with Crippen molar-refractivity contribution in [2.75, 3.05) is 0 Å². The molecule has 1 aliphatic rings. The molecule has 0 radical (unpaired) electrons. The van der Waals surface area contributed by atoms with Crippen LogP contribution in [0.15, 0.2) is 40.9 Å². The van der Waals surface area contributed by atoms with Crippen LogP contribution in [-0.4, -0.2) is 11.8 Å². The van der Waals surface area contributed by atoms with Gasteiger partial charge in [-0.2, -0.15) is 0 Å². The van der Waals surface area contributed by atoms with Gasteiger partial charge in [-0.15, -0.1) is 0 Å². The zero-order chi connectivity index (χ0) is 19.2. The van der Waals surface area contributed by atoms with Crippen molar-refractivity contribution in [1.82, 2.24) is 0 Å². The Balaban J connectivity index is 0. The van der Waals surface area contributed by atoms with E-state index < -0.39 is 0 Å². The van der Waals surface area contributed by atoms with Crippen LogP contribution in [0, 0.1) is 5.41 Å². The van der Waals surface area contributed by atoms with E-state index in [1.165, 1.54) is 43.3 Å². The summed E-state index contributed by atoms with van der Waals surface area (Å²) in [5.74, 6) is 0. The van der Waals surface area contributed by atoms with E-state index >= 15 is 0 Å². The maximum Gasteiger partial charge on any atom is 0.0645 e. The Morgan fingerprint density at radius 1 is 1.17 bits per heavy atom. The zero-order valence-corrected chi connectivity index (χ0v) is 18.0. The standard InChI is InChI=1S/C17H27N.C4H10.C2H6/c1-7-9-16(18-13(3)4)15(8-2)14(5)12-17(6)10-11-17;1-3-4-2;1-2/h7-9,13H,2,10-12H2,1,3-6H3;3-4H2,1-2H3;1-2H3/b9-7-,15-14-,18-16?;;. The first kappa shape index (κ1) is 25.1. The van der Waals surface area contributed by atoms with Crippen LogP contribution in [0.4, 0.5) is 0 Å². The molecule has 0 atom stereocenters. The second-order valence-corrected chi connectivity index (χ2v) is 6.99. The Morgan fingerprint density at radius 2 is 1.67 bits per heavy atom. The lowest BCUT2D eigenvalue weighted by molar-refractivity contribution is 0.566. The Hall–Kier alpha value is -1.11. The summed E-state index contributed by atoms with van der Waals surface area (Å²) in [6.45, 7) is 23.2. The maximum absolute atomic E-state index is 4.71. The van der Waals surface area contributed by atoms with Crippen LogP contribution in [0.1, 0.15) is 94.4 Å². The largest absolute Gasteiger partial charge is 0.282 e. The van der Waals surface area contributed by atoms with Crippen LogP contribution in [0.3, 0.4) is 0 Å². The van der Waals surface area contributed by atoms with Gasteiger partial charge in [0.25, 0.3) is 0 Å². The van der Waals surface area contributed by atoms with Crippen LogP contribution >= 0.6 is 0 Å². The number of aliphatic imine (C=N–C) groups is 1. The predicted molar refractivity (Wildman–Crippen MR) is 114 cm³/mol. The summed E-state index contributed by atoms with van der Waals surface area (Å²) >= 11 is 0. The van der Waals surface area contributed by atoms with Crippen LogP contribution in [-0.2, 0) is 0 Å². The Kier molecular flexibility index (Phi) is 14.9. The highest BCUT2D eigenvalue weighted by atomic mass is 14.8. The van der Waals surface area contributed by atoms with Crippen LogP contribution in [0.25, 0.3) is 0 Å². The summed E-state index contributed by atoms with van der Waals surface area (Å²) in [4.78, 5) is 4.71. The summed E-state index contributed by atoms with van der Waals surface area (Å²) in [5, 5.41) is 0. The smallest absolute Gasteiger partial charge is 0.0645 e. The van der Waals surface area contributed by atoms with Crippen molar-refractivity contribution in [1.29, 1.82) is 0 Å². The van der Waals surface area contributed by atoms with Gasteiger partial charge in [-0.1, -0.05) is 71.8 Å².